The lowest BCUT2D eigenvalue weighted by Gasteiger charge is -2.28. The van der Waals surface area contributed by atoms with E-state index in [4.69, 9.17) is 0 Å². The van der Waals surface area contributed by atoms with Crippen molar-refractivity contribution in [3.05, 3.63) is 212 Å². The van der Waals surface area contributed by atoms with Crippen LogP contribution in [0.1, 0.15) is 0 Å². The van der Waals surface area contributed by atoms with E-state index < -0.39 is 0 Å². The number of fused-ring (bicyclic) bond motifs is 6. The lowest BCUT2D eigenvalue weighted by Crippen LogP contribution is -2.11. The number of anilines is 3. The van der Waals surface area contributed by atoms with Crippen LogP contribution in [0.3, 0.4) is 0 Å². The zero-order chi connectivity index (χ0) is 37.7. The summed E-state index contributed by atoms with van der Waals surface area (Å²) in [4.78, 5) is 2.53. The van der Waals surface area contributed by atoms with Crippen molar-refractivity contribution in [2.24, 2.45) is 0 Å². The van der Waals surface area contributed by atoms with Crippen LogP contribution >= 0.6 is 22.7 Å². The van der Waals surface area contributed by atoms with Crippen LogP contribution in [0.2, 0.25) is 0 Å². The van der Waals surface area contributed by atoms with Gasteiger partial charge in [0.2, 0.25) is 0 Å². The van der Waals surface area contributed by atoms with Crippen molar-refractivity contribution in [2.75, 3.05) is 4.90 Å². The van der Waals surface area contributed by atoms with Crippen molar-refractivity contribution in [3.63, 3.8) is 0 Å². The molecular weight excluding hydrogens is 727 g/mol. The highest BCUT2D eigenvalue weighted by Crippen LogP contribution is 2.52. The third-order valence-electron chi connectivity index (χ3n) is 11.1. The topological polar surface area (TPSA) is 3.24 Å². The Kier molecular flexibility index (Phi) is 8.28. The zero-order valence-corrected chi connectivity index (χ0v) is 32.6. The van der Waals surface area contributed by atoms with E-state index in [0.29, 0.717) is 0 Å². The summed E-state index contributed by atoms with van der Waals surface area (Å²) in [6, 6.07) is 77.6. The Balaban J connectivity index is 1.20. The predicted octanol–water partition coefficient (Wildman–Crippen LogP) is 16.6. The van der Waals surface area contributed by atoms with E-state index in [1.807, 2.05) is 22.7 Å². The molecule has 0 aliphatic rings. The monoisotopic (exact) mass is 761 g/mol. The summed E-state index contributed by atoms with van der Waals surface area (Å²) in [6.45, 7) is 0. The molecule has 0 fully saturated rings. The molecule has 0 bridgehead atoms. The summed E-state index contributed by atoms with van der Waals surface area (Å²) in [5.74, 6) is 0. The first-order valence-electron chi connectivity index (χ1n) is 19.3. The maximum atomic E-state index is 2.53. The van der Waals surface area contributed by atoms with Gasteiger partial charge in [0.05, 0.1) is 11.4 Å². The normalized spacial score (nSPS) is 11.5. The van der Waals surface area contributed by atoms with E-state index in [1.165, 1.54) is 96.2 Å². The van der Waals surface area contributed by atoms with Crippen LogP contribution in [0.4, 0.5) is 17.1 Å². The van der Waals surface area contributed by atoms with Gasteiger partial charge in [-0.2, -0.15) is 0 Å². The van der Waals surface area contributed by atoms with Gasteiger partial charge in [0.25, 0.3) is 0 Å². The van der Waals surface area contributed by atoms with Gasteiger partial charge in [-0.3, -0.25) is 0 Å². The molecule has 0 saturated carbocycles. The van der Waals surface area contributed by atoms with Gasteiger partial charge in [-0.15, -0.1) is 22.7 Å². The van der Waals surface area contributed by atoms with E-state index >= 15 is 0 Å². The molecule has 11 rings (SSSR count). The zero-order valence-electron chi connectivity index (χ0n) is 31.0. The maximum absolute atomic E-state index is 2.53. The van der Waals surface area contributed by atoms with Crippen molar-refractivity contribution < 1.29 is 0 Å². The van der Waals surface area contributed by atoms with Crippen LogP contribution < -0.4 is 4.90 Å². The number of thiophene rings is 2. The van der Waals surface area contributed by atoms with Crippen LogP contribution in [0, 0.1) is 0 Å². The fraction of sp³-hybridized carbons (Fsp3) is 0. The van der Waals surface area contributed by atoms with E-state index in [9.17, 15) is 0 Å². The highest BCUT2D eigenvalue weighted by molar-refractivity contribution is 7.26. The first-order valence-corrected chi connectivity index (χ1v) is 21.0. The minimum Gasteiger partial charge on any atom is -0.309 e. The number of hydrogen-bond donors (Lipinski definition) is 0. The highest BCUT2D eigenvalue weighted by atomic mass is 32.1. The first-order chi connectivity index (χ1) is 28.3. The van der Waals surface area contributed by atoms with Crippen LogP contribution in [0.5, 0.6) is 0 Å². The molecule has 3 heteroatoms. The second-order valence-electron chi connectivity index (χ2n) is 14.5. The molecule has 0 spiro atoms. The molecule has 0 aliphatic heterocycles. The standard InChI is InChI=1S/C54H35NS2/c1-5-15-36(16-6-1)40-23-13-24-43(33-40)55(47-25-14-26-49-52(47)45-29-27-41(34-50(45)56-49)37-17-7-2-8-18-37)48-32-31-44(39-21-11-4-12-22-39)54-53(48)46-30-28-42(35-51(46)57-54)38-19-9-3-10-20-38/h1-35H. The van der Waals surface area contributed by atoms with Gasteiger partial charge in [0, 0.05) is 46.0 Å². The summed E-state index contributed by atoms with van der Waals surface area (Å²) < 4.78 is 5.13. The smallest absolute Gasteiger partial charge is 0.0555 e. The Morgan fingerprint density at radius 1 is 0.298 bits per heavy atom. The average Bonchev–Trinajstić information content (AvgIpc) is 3.87. The largest absolute Gasteiger partial charge is 0.309 e. The van der Waals surface area contributed by atoms with Crippen LogP contribution in [-0.2, 0) is 0 Å². The molecule has 0 N–H and O–H groups in total. The molecule has 0 unspecified atom stereocenters. The van der Waals surface area contributed by atoms with Gasteiger partial charge >= 0.3 is 0 Å². The minimum absolute atomic E-state index is 1.12. The number of hydrogen-bond acceptors (Lipinski definition) is 3. The summed E-state index contributed by atoms with van der Waals surface area (Å²) in [7, 11) is 0. The summed E-state index contributed by atoms with van der Waals surface area (Å²) in [5, 5.41) is 5.08. The van der Waals surface area contributed by atoms with E-state index in [2.05, 4.69) is 217 Å². The van der Waals surface area contributed by atoms with E-state index in [1.54, 1.807) is 0 Å². The lowest BCUT2D eigenvalue weighted by molar-refractivity contribution is 1.32. The molecule has 0 amide bonds. The number of nitrogens with zero attached hydrogens (tertiary/aromatic N) is 1. The molecule has 9 aromatic carbocycles. The molecule has 2 heterocycles. The van der Waals surface area contributed by atoms with Crippen molar-refractivity contribution in [2.45, 2.75) is 0 Å². The van der Waals surface area contributed by atoms with Crippen LogP contribution in [0.25, 0.3) is 84.9 Å². The molecule has 0 saturated heterocycles. The SMILES string of the molecule is c1ccc(-c2cccc(N(c3cccc4sc5cc(-c6ccccc6)ccc5c34)c3ccc(-c4ccccc4)c4sc5cc(-c6ccccc6)ccc5c34)c2)cc1. The quantitative estimate of drug-likeness (QED) is 0.156. The van der Waals surface area contributed by atoms with Crippen LogP contribution in [0.15, 0.2) is 212 Å². The Labute approximate surface area is 340 Å². The van der Waals surface area contributed by atoms with Crippen molar-refractivity contribution >= 4 is 80.1 Å². The summed E-state index contributed by atoms with van der Waals surface area (Å²) >= 11 is 3.77. The Morgan fingerprint density at radius 2 is 0.789 bits per heavy atom. The van der Waals surface area contributed by atoms with E-state index in [0.717, 1.165) is 5.69 Å². The third kappa shape index (κ3) is 5.91. The second kappa shape index (κ2) is 14.1. The molecule has 0 radical (unpaired) electrons. The van der Waals surface area contributed by atoms with Gasteiger partial charge in [-0.25, -0.2) is 0 Å². The Hall–Kier alpha value is -6.78. The van der Waals surface area contributed by atoms with Gasteiger partial charge in [-0.05, 0) is 87.0 Å². The van der Waals surface area contributed by atoms with Crippen LogP contribution in [-0.4, -0.2) is 0 Å². The Bertz CT molecular complexity index is 3220. The first kappa shape index (κ1) is 33.5. The number of rotatable bonds is 7. The molecular formula is C54H35NS2. The fourth-order valence-electron chi connectivity index (χ4n) is 8.37. The summed E-state index contributed by atoms with van der Waals surface area (Å²) in [5.41, 5.74) is 13.3. The Morgan fingerprint density at radius 3 is 1.40 bits per heavy atom. The fourth-order valence-corrected chi connectivity index (χ4v) is 10.8. The molecule has 0 aliphatic carbocycles. The maximum Gasteiger partial charge on any atom is 0.0555 e. The minimum atomic E-state index is 1.12. The predicted molar refractivity (Wildman–Crippen MR) is 249 cm³/mol. The van der Waals surface area contributed by atoms with Crippen molar-refractivity contribution in [1.29, 1.82) is 0 Å². The molecule has 2 aromatic heterocycles. The molecule has 268 valence electrons. The second-order valence-corrected chi connectivity index (χ2v) is 16.6. The molecule has 57 heavy (non-hydrogen) atoms. The van der Waals surface area contributed by atoms with Gasteiger partial charge in [-0.1, -0.05) is 170 Å². The number of benzene rings is 9. The average molecular weight is 762 g/mol. The van der Waals surface area contributed by atoms with Gasteiger partial charge in [0.15, 0.2) is 0 Å². The van der Waals surface area contributed by atoms with Gasteiger partial charge < -0.3 is 4.90 Å². The van der Waals surface area contributed by atoms with Gasteiger partial charge in [0.1, 0.15) is 0 Å². The summed E-state index contributed by atoms with van der Waals surface area (Å²) in [6.07, 6.45) is 0. The third-order valence-corrected chi connectivity index (χ3v) is 13.4. The highest BCUT2D eigenvalue weighted by Gasteiger charge is 2.24. The van der Waals surface area contributed by atoms with Crippen molar-refractivity contribution in [3.8, 4) is 44.5 Å². The molecule has 1 nitrogen and oxygen atoms in total. The molecule has 11 aromatic rings. The lowest BCUT2D eigenvalue weighted by atomic mass is 9.98. The molecule has 0 atom stereocenters. The van der Waals surface area contributed by atoms with E-state index in [-0.39, 0.29) is 0 Å². The van der Waals surface area contributed by atoms with Crippen molar-refractivity contribution in [1.82, 2.24) is 0 Å².